The van der Waals surface area contributed by atoms with Crippen LogP contribution >= 0.6 is 9.24 Å². The minimum Gasteiger partial charge on any atom is -0.123 e. The van der Waals surface area contributed by atoms with Gasteiger partial charge in [-0.2, -0.15) is 0 Å². The van der Waals surface area contributed by atoms with Crippen molar-refractivity contribution in [2.45, 2.75) is 70.9 Å². The molecule has 1 saturated carbocycles. The highest BCUT2D eigenvalue weighted by Gasteiger charge is 2.26. The number of allylic oxidation sites excluding steroid dienone is 2. The molecular formula is C23H33P. The minimum absolute atomic E-state index is 0.0568. The maximum atomic E-state index is 2.96. The van der Waals surface area contributed by atoms with E-state index in [0.29, 0.717) is 5.92 Å². The van der Waals surface area contributed by atoms with E-state index in [4.69, 9.17) is 0 Å². The van der Waals surface area contributed by atoms with Crippen LogP contribution in [-0.4, -0.2) is 5.16 Å². The molecule has 1 fully saturated rings. The molecule has 0 saturated heterocycles. The summed E-state index contributed by atoms with van der Waals surface area (Å²) in [6, 6.07) is 4.99. The Kier molecular flexibility index (Phi) is 5.08. The Labute approximate surface area is 151 Å². The van der Waals surface area contributed by atoms with Crippen LogP contribution in [0.15, 0.2) is 24.3 Å². The van der Waals surface area contributed by atoms with Crippen LogP contribution in [0.25, 0.3) is 12.2 Å². The summed E-state index contributed by atoms with van der Waals surface area (Å²) in [5.41, 5.74) is 5.91. The summed E-state index contributed by atoms with van der Waals surface area (Å²) in [6.07, 6.45) is 13.4. The highest BCUT2D eigenvalue weighted by atomic mass is 31.0. The second kappa shape index (κ2) is 6.80. The van der Waals surface area contributed by atoms with Gasteiger partial charge >= 0.3 is 0 Å². The smallest absolute Gasteiger partial charge is 0.0183 e. The molecule has 2 aliphatic carbocycles. The molecule has 0 radical (unpaired) electrons. The summed E-state index contributed by atoms with van der Waals surface area (Å²) in [6.45, 7) is 11.8. The van der Waals surface area contributed by atoms with Gasteiger partial charge in [0.25, 0.3) is 0 Å². The van der Waals surface area contributed by atoms with E-state index in [-0.39, 0.29) is 5.16 Å². The van der Waals surface area contributed by atoms with Crippen molar-refractivity contribution in [3.8, 4) is 0 Å². The average molecular weight is 340 g/mol. The second-order valence-corrected chi connectivity index (χ2v) is 10.2. The van der Waals surface area contributed by atoms with E-state index in [1.165, 1.54) is 36.0 Å². The van der Waals surface area contributed by atoms with Crippen molar-refractivity contribution < 1.29 is 0 Å². The summed E-state index contributed by atoms with van der Waals surface area (Å²) in [7, 11) is 2.96. The van der Waals surface area contributed by atoms with E-state index in [0.717, 1.165) is 17.8 Å². The molecule has 4 atom stereocenters. The Balaban J connectivity index is 2.06. The monoisotopic (exact) mass is 340 g/mol. The highest BCUT2D eigenvalue weighted by molar-refractivity contribution is 7.19. The molecule has 24 heavy (non-hydrogen) atoms. The van der Waals surface area contributed by atoms with Gasteiger partial charge in [-0.3, -0.25) is 0 Å². The molecule has 0 bridgehead atoms. The Bertz CT molecular complexity index is 653. The Hall–Kier alpha value is -0.870. The largest absolute Gasteiger partial charge is 0.123 e. The van der Waals surface area contributed by atoms with Crippen LogP contribution in [-0.2, 0) is 0 Å². The fourth-order valence-electron chi connectivity index (χ4n) is 4.57. The molecule has 0 aromatic heterocycles. The predicted molar refractivity (Wildman–Crippen MR) is 112 cm³/mol. The summed E-state index contributed by atoms with van der Waals surface area (Å²) in [4.78, 5) is 0. The van der Waals surface area contributed by atoms with Crippen molar-refractivity contribution in [3.05, 3.63) is 46.5 Å². The van der Waals surface area contributed by atoms with Gasteiger partial charge in [0.15, 0.2) is 0 Å². The summed E-state index contributed by atoms with van der Waals surface area (Å²) < 4.78 is 0. The number of hydrogen-bond donors (Lipinski definition) is 0. The zero-order valence-corrected chi connectivity index (χ0v) is 17.1. The molecule has 1 aromatic rings. The zero-order valence-electron chi connectivity index (χ0n) is 16.0. The van der Waals surface area contributed by atoms with Gasteiger partial charge < -0.3 is 0 Å². The van der Waals surface area contributed by atoms with Crippen molar-refractivity contribution >= 4 is 21.4 Å². The summed E-state index contributed by atoms with van der Waals surface area (Å²) in [5.74, 6) is 3.00. The Morgan fingerprint density at radius 1 is 1.00 bits per heavy atom. The van der Waals surface area contributed by atoms with E-state index in [2.05, 4.69) is 80.3 Å². The van der Waals surface area contributed by atoms with Gasteiger partial charge in [0.1, 0.15) is 0 Å². The van der Waals surface area contributed by atoms with Gasteiger partial charge in [-0.1, -0.05) is 64.1 Å². The van der Waals surface area contributed by atoms with Gasteiger partial charge in [0.05, 0.1) is 0 Å². The van der Waals surface area contributed by atoms with Gasteiger partial charge in [-0.15, -0.1) is 9.24 Å². The molecule has 0 N–H and O–H groups in total. The Morgan fingerprint density at radius 3 is 2.25 bits per heavy atom. The third-order valence-electron chi connectivity index (χ3n) is 5.77. The lowest BCUT2D eigenvalue weighted by Crippen LogP contribution is -2.18. The third-order valence-corrected chi connectivity index (χ3v) is 6.15. The lowest BCUT2D eigenvalue weighted by Gasteiger charge is -2.32. The fraction of sp³-hybridized carbons (Fsp3) is 0.565. The normalized spacial score (nSPS) is 32.7. The molecule has 130 valence electrons. The molecule has 0 spiro atoms. The van der Waals surface area contributed by atoms with Crippen LogP contribution < -0.4 is 0 Å². The van der Waals surface area contributed by atoms with Gasteiger partial charge in [-0.05, 0) is 72.1 Å². The number of hydrogen-bond acceptors (Lipinski definition) is 0. The van der Waals surface area contributed by atoms with Crippen molar-refractivity contribution in [1.29, 1.82) is 0 Å². The lowest BCUT2D eigenvalue weighted by atomic mass is 9.73. The molecule has 1 heteroatoms. The maximum absolute atomic E-state index is 2.96. The minimum atomic E-state index is 0.0568. The molecule has 0 amide bonds. The SMILES string of the molecule is CC1CC(C)CC(c2cc3c(c(C(C)C)c2)C=CC(C)(P)C=C3)C1. The average Bonchev–Trinajstić information content (AvgIpc) is 2.64. The fourth-order valence-corrected chi connectivity index (χ4v) is 4.77. The molecule has 2 aliphatic rings. The Morgan fingerprint density at radius 2 is 1.62 bits per heavy atom. The molecule has 3 rings (SSSR count). The number of fused-ring (bicyclic) bond motifs is 1. The van der Waals surface area contributed by atoms with Crippen LogP contribution in [0.1, 0.15) is 88.0 Å². The molecule has 0 heterocycles. The van der Waals surface area contributed by atoms with Gasteiger partial charge in [0, 0.05) is 5.16 Å². The number of rotatable bonds is 2. The first-order valence-electron chi connectivity index (χ1n) is 9.60. The van der Waals surface area contributed by atoms with E-state index >= 15 is 0 Å². The standard InChI is InChI=1S/C23H33P/c1-15(2)22-14-20(19-11-16(3)10-17(4)12-19)13-18-6-8-23(5,24)9-7-21(18)22/h6-9,13-17,19H,10-12,24H2,1-5H3. The first-order chi connectivity index (χ1) is 11.2. The van der Waals surface area contributed by atoms with E-state index in [1.807, 2.05) is 0 Å². The topological polar surface area (TPSA) is 0 Å². The summed E-state index contributed by atoms with van der Waals surface area (Å²) in [5, 5.41) is 0.0568. The van der Waals surface area contributed by atoms with Crippen molar-refractivity contribution in [2.75, 3.05) is 0 Å². The van der Waals surface area contributed by atoms with Crippen LogP contribution in [0, 0.1) is 11.8 Å². The second-order valence-electron chi connectivity index (χ2n) is 8.91. The van der Waals surface area contributed by atoms with E-state index < -0.39 is 0 Å². The highest BCUT2D eigenvalue weighted by Crippen LogP contribution is 2.42. The lowest BCUT2D eigenvalue weighted by molar-refractivity contribution is 0.268. The molecular weight excluding hydrogens is 307 g/mol. The first-order valence-corrected chi connectivity index (χ1v) is 10.2. The number of benzene rings is 1. The third kappa shape index (κ3) is 3.85. The van der Waals surface area contributed by atoms with Crippen LogP contribution in [0.4, 0.5) is 0 Å². The van der Waals surface area contributed by atoms with E-state index in [1.54, 1.807) is 5.56 Å². The zero-order chi connectivity index (χ0) is 17.5. The first kappa shape index (κ1) is 17.9. The molecule has 4 unspecified atom stereocenters. The molecule has 0 nitrogen and oxygen atoms in total. The van der Waals surface area contributed by atoms with Crippen LogP contribution in [0.3, 0.4) is 0 Å². The van der Waals surface area contributed by atoms with Crippen molar-refractivity contribution in [2.24, 2.45) is 11.8 Å². The molecule has 1 aromatic carbocycles. The van der Waals surface area contributed by atoms with Gasteiger partial charge in [0.2, 0.25) is 0 Å². The van der Waals surface area contributed by atoms with Crippen LogP contribution in [0.5, 0.6) is 0 Å². The quantitative estimate of drug-likeness (QED) is 0.507. The van der Waals surface area contributed by atoms with Crippen molar-refractivity contribution in [1.82, 2.24) is 0 Å². The van der Waals surface area contributed by atoms with Crippen LogP contribution in [0.2, 0.25) is 0 Å². The molecule has 0 aliphatic heterocycles. The maximum Gasteiger partial charge on any atom is 0.0183 e. The summed E-state index contributed by atoms with van der Waals surface area (Å²) >= 11 is 0. The van der Waals surface area contributed by atoms with Crippen molar-refractivity contribution in [3.63, 3.8) is 0 Å². The van der Waals surface area contributed by atoms with E-state index in [9.17, 15) is 0 Å². The predicted octanol–water partition coefficient (Wildman–Crippen LogP) is 7.02. The van der Waals surface area contributed by atoms with Gasteiger partial charge in [-0.25, -0.2) is 0 Å².